The summed E-state index contributed by atoms with van der Waals surface area (Å²) in [6.45, 7) is 0. The van der Waals surface area contributed by atoms with Gasteiger partial charge < -0.3 is 0 Å². The molecule has 0 amide bonds. The van der Waals surface area contributed by atoms with Crippen molar-refractivity contribution >= 4 is 54.4 Å². The summed E-state index contributed by atoms with van der Waals surface area (Å²) < 4.78 is 2.26. The molecule has 0 spiro atoms. The van der Waals surface area contributed by atoms with Crippen molar-refractivity contribution < 1.29 is 0 Å². The molecule has 3 heterocycles. The second-order valence-electron chi connectivity index (χ2n) is 11.0. The number of pyridine rings is 2. The minimum absolute atomic E-state index is 0.966. The summed E-state index contributed by atoms with van der Waals surface area (Å²) in [6, 6.07) is 51.8. The van der Waals surface area contributed by atoms with E-state index in [1.165, 1.54) is 43.6 Å². The first-order valence-electron chi connectivity index (χ1n) is 14.6. The minimum atomic E-state index is 0.966. The first-order chi connectivity index (χ1) is 21.3. The standard InChI is InChI=1S/C40H25N3/c1-2-12-28(13-3-1)43-37-23-21-27(25-34(37)33-18-10-24-41-40(33)43)38-29-14-5-7-16-31(29)39(32-17-8-6-15-30(32)38)36-22-20-26-11-4-9-19-35(26)42-36/h1-25H. The Morgan fingerprint density at radius 2 is 1.12 bits per heavy atom. The summed E-state index contributed by atoms with van der Waals surface area (Å²) in [5.41, 5.74) is 8.82. The summed E-state index contributed by atoms with van der Waals surface area (Å²) >= 11 is 0. The monoisotopic (exact) mass is 547 g/mol. The predicted molar refractivity (Wildman–Crippen MR) is 180 cm³/mol. The van der Waals surface area contributed by atoms with E-state index in [2.05, 4.69) is 144 Å². The van der Waals surface area contributed by atoms with E-state index in [0.717, 1.165) is 38.8 Å². The van der Waals surface area contributed by atoms with Crippen molar-refractivity contribution in [1.82, 2.24) is 14.5 Å². The van der Waals surface area contributed by atoms with Gasteiger partial charge in [-0.3, -0.25) is 4.57 Å². The lowest BCUT2D eigenvalue weighted by atomic mass is 9.87. The van der Waals surface area contributed by atoms with Gasteiger partial charge in [-0.1, -0.05) is 97.1 Å². The molecule has 0 aliphatic carbocycles. The molecule has 9 rings (SSSR count). The fourth-order valence-electron chi connectivity index (χ4n) is 6.76. The highest BCUT2D eigenvalue weighted by molar-refractivity contribution is 6.22. The van der Waals surface area contributed by atoms with Crippen molar-refractivity contribution in [3.05, 3.63) is 152 Å². The van der Waals surface area contributed by atoms with Crippen LogP contribution in [0.4, 0.5) is 0 Å². The maximum Gasteiger partial charge on any atom is 0.145 e. The van der Waals surface area contributed by atoms with Crippen molar-refractivity contribution in [3.8, 4) is 28.1 Å². The molecule has 43 heavy (non-hydrogen) atoms. The van der Waals surface area contributed by atoms with E-state index in [1.807, 2.05) is 12.3 Å². The fourth-order valence-corrected chi connectivity index (χ4v) is 6.76. The molecule has 9 aromatic rings. The summed E-state index contributed by atoms with van der Waals surface area (Å²) in [7, 11) is 0. The van der Waals surface area contributed by atoms with Crippen LogP contribution in [0.5, 0.6) is 0 Å². The van der Waals surface area contributed by atoms with Gasteiger partial charge in [0.1, 0.15) is 5.65 Å². The molecular formula is C40H25N3. The van der Waals surface area contributed by atoms with Crippen molar-refractivity contribution in [2.24, 2.45) is 0 Å². The van der Waals surface area contributed by atoms with Gasteiger partial charge in [-0.05, 0) is 81.2 Å². The van der Waals surface area contributed by atoms with E-state index < -0.39 is 0 Å². The maximum atomic E-state index is 5.15. The Morgan fingerprint density at radius 1 is 0.465 bits per heavy atom. The van der Waals surface area contributed by atoms with Crippen LogP contribution in [0.15, 0.2) is 152 Å². The second kappa shape index (κ2) is 9.37. The van der Waals surface area contributed by atoms with Gasteiger partial charge in [0.25, 0.3) is 0 Å². The van der Waals surface area contributed by atoms with Crippen molar-refractivity contribution in [2.75, 3.05) is 0 Å². The average Bonchev–Trinajstić information content (AvgIpc) is 3.41. The molecular weight excluding hydrogens is 522 g/mol. The van der Waals surface area contributed by atoms with Crippen molar-refractivity contribution in [3.63, 3.8) is 0 Å². The van der Waals surface area contributed by atoms with Crippen LogP contribution >= 0.6 is 0 Å². The largest absolute Gasteiger partial charge is 0.294 e. The molecule has 0 saturated carbocycles. The molecule has 0 saturated heterocycles. The molecule has 0 unspecified atom stereocenters. The maximum absolute atomic E-state index is 5.15. The highest BCUT2D eigenvalue weighted by Crippen LogP contribution is 2.44. The van der Waals surface area contributed by atoms with Gasteiger partial charge >= 0.3 is 0 Å². The Morgan fingerprint density at radius 3 is 1.88 bits per heavy atom. The molecule has 0 radical (unpaired) electrons. The topological polar surface area (TPSA) is 30.7 Å². The molecule has 200 valence electrons. The van der Waals surface area contributed by atoms with E-state index in [0.29, 0.717) is 0 Å². The third-order valence-electron chi connectivity index (χ3n) is 8.62. The molecule has 3 nitrogen and oxygen atoms in total. The van der Waals surface area contributed by atoms with Crippen LogP contribution in [0.2, 0.25) is 0 Å². The zero-order chi connectivity index (χ0) is 28.3. The van der Waals surface area contributed by atoms with E-state index in [-0.39, 0.29) is 0 Å². The first-order valence-corrected chi connectivity index (χ1v) is 14.6. The van der Waals surface area contributed by atoms with E-state index in [4.69, 9.17) is 9.97 Å². The van der Waals surface area contributed by atoms with Crippen LogP contribution in [0, 0.1) is 0 Å². The van der Waals surface area contributed by atoms with Crippen LogP contribution in [0.3, 0.4) is 0 Å². The highest BCUT2D eigenvalue weighted by Gasteiger charge is 2.19. The number of hydrogen-bond donors (Lipinski definition) is 0. The number of rotatable bonds is 3. The van der Waals surface area contributed by atoms with Crippen LogP contribution in [0.1, 0.15) is 0 Å². The molecule has 3 aromatic heterocycles. The van der Waals surface area contributed by atoms with Crippen LogP contribution in [-0.4, -0.2) is 14.5 Å². The molecule has 0 fully saturated rings. The zero-order valence-electron chi connectivity index (χ0n) is 23.3. The Kier molecular flexibility index (Phi) is 5.20. The van der Waals surface area contributed by atoms with Gasteiger partial charge in [-0.15, -0.1) is 0 Å². The lowest BCUT2D eigenvalue weighted by Crippen LogP contribution is -1.95. The Balaban J connectivity index is 1.36. The number of hydrogen-bond acceptors (Lipinski definition) is 2. The first kappa shape index (κ1) is 23.9. The Bertz CT molecular complexity index is 2450. The molecule has 0 atom stereocenters. The van der Waals surface area contributed by atoms with E-state index in [1.54, 1.807) is 0 Å². The van der Waals surface area contributed by atoms with Crippen LogP contribution in [-0.2, 0) is 0 Å². The third-order valence-corrected chi connectivity index (χ3v) is 8.62. The summed E-state index contributed by atoms with van der Waals surface area (Å²) in [5, 5.41) is 8.33. The fraction of sp³-hybridized carbons (Fsp3) is 0. The van der Waals surface area contributed by atoms with Gasteiger partial charge in [-0.2, -0.15) is 0 Å². The molecule has 6 aromatic carbocycles. The Hall–Kier alpha value is -5.80. The normalized spacial score (nSPS) is 11.7. The molecule has 0 N–H and O–H groups in total. The lowest BCUT2D eigenvalue weighted by molar-refractivity contribution is 1.14. The lowest BCUT2D eigenvalue weighted by Gasteiger charge is -2.17. The van der Waals surface area contributed by atoms with Crippen molar-refractivity contribution in [1.29, 1.82) is 0 Å². The average molecular weight is 548 g/mol. The van der Waals surface area contributed by atoms with Gasteiger partial charge in [0.2, 0.25) is 0 Å². The van der Waals surface area contributed by atoms with E-state index in [9.17, 15) is 0 Å². The van der Waals surface area contributed by atoms with Gasteiger partial charge in [-0.25, -0.2) is 9.97 Å². The quantitative estimate of drug-likeness (QED) is 0.206. The third kappa shape index (κ3) is 3.62. The Labute approximate surface area is 248 Å². The van der Waals surface area contributed by atoms with E-state index >= 15 is 0 Å². The number of para-hydroxylation sites is 2. The number of benzene rings is 6. The molecule has 0 bridgehead atoms. The minimum Gasteiger partial charge on any atom is -0.294 e. The predicted octanol–water partition coefficient (Wildman–Crippen LogP) is 10.4. The zero-order valence-corrected chi connectivity index (χ0v) is 23.3. The van der Waals surface area contributed by atoms with Crippen LogP contribution < -0.4 is 0 Å². The van der Waals surface area contributed by atoms with Gasteiger partial charge in [0.15, 0.2) is 0 Å². The number of aromatic nitrogens is 3. The number of nitrogens with zero attached hydrogens (tertiary/aromatic N) is 3. The second-order valence-corrected chi connectivity index (χ2v) is 11.0. The smallest absolute Gasteiger partial charge is 0.145 e. The van der Waals surface area contributed by atoms with Crippen LogP contribution in [0.25, 0.3) is 82.5 Å². The molecule has 3 heteroatoms. The highest BCUT2D eigenvalue weighted by atomic mass is 15.0. The molecule has 0 aliphatic rings. The van der Waals surface area contributed by atoms with Gasteiger partial charge in [0, 0.05) is 33.6 Å². The van der Waals surface area contributed by atoms with Gasteiger partial charge in [0.05, 0.1) is 16.7 Å². The number of fused-ring (bicyclic) bond motifs is 6. The summed E-state index contributed by atoms with van der Waals surface area (Å²) in [6.07, 6.45) is 1.88. The molecule has 0 aliphatic heterocycles. The SMILES string of the molecule is c1ccc(-n2c3ccc(-c4c5ccccc5c(-c5ccc6ccccc6n5)c5ccccc45)cc3c3cccnc32)cc1. The van der Waals surface area contributed by atoms with Crippen molar-refractivity contribution in [2.45, 2.75) is 0 Å². The summed E-state index contributed by atoms with van der Waals surface area (Å²) in [4.78, 5) is 9.96. The summed E-state index contributed by atoms with van der Waals surface area (Å²) in [5.74, 6) is 0.